The van der Waals surface area contributed by atoms with Crippen molar-refractivity contribution in [3.8, 4) is 11.1 Å². The van der Waals surface area contributed by atoms with Crippen molar-refractivity contribution in [1.82, 2.24) is 10.2 Å². The first kappa shape index (κ1) is 25.7. The van der Waals surface area contributed by atoms with Gasteiger partial charge in [-0.15, -0.1) is 0 Å². The Morgan fingerprint density at radius 3 is 2.16 bits per heavy atom. The van der Waals surface area contributed by atoms with E-state index in [1.807, 2.05) is 36.4 Å². The first-order valence-electron chi connectivity index (χ1n) is 13.6. The van der Waals surface area contributed by atoms with Gasteiger partial charge in [-0.25, -0.2) is 0 Å². The van der Waals surface area contributed by atoms with Gasteiger partial charge in [-0.05, 0) is 52.4 Å². The Labute approximate surface area is 224 Å². The van der Waals surface area contributed by atoms with Gasteiger partial charge in [0.15, 0.2) is 0 Å². The van der Waals surface area contributed by atoms with E-state index in [9.17, 15) is 9.59 Å². The molecular weight excluding hydrogens is 470 g/mol. The van der Waals surface area contributed by atoms with Crippen molar-refractivity contribution in [1.29, 1.82) is 0 Å². The monoisotopic (exact) mass is 505 g/mol. The van der Waals surface area contributed by atoms with E-state index in [0.29, 0.717) is 25.9 Å². The minimum Gasteiger partial charge on any atom is -0.342 e. The van der Waals surface area contributed by atoms with Crippen LogP contribution in [0, 0.1) is 0 Å². The number of fused-ring (bicyclic) bond motifs is 1. The molecule has 0 unspecified atom stereocenters. The molecule has 2 amide bonds. The molecule has 0 spiro atoms. The zero-order valence-electron chi connectivity index (χ0n) is 21.7. The molecule has 1 fully saturated rings. The van der Waals surface area contributed by atoms with E-state index in [1.54, 1.807) is 4.90 Å². The van der Waals surface area contributed by atoms with Crippen molar-refractivity contribution in [2.45, 2.75) is 50.7 Å². The van der Waals surface area contributed by atoms with Crippen LogP contribution in [0.5, 0.6) is 0 Å². The number of carbonyl (C=O) groups is 2. The number of amides is 2. The van der Waals surface area contributed by atoms with Crippen molar-refractivity contribution < 1.29 is 9.59 Å². The molecule has 2 atom stereocenters. The molecule has 0 aliphatic carbocycles. The summed E-state index contributed by atoms with van der Waals surface area (Å²) in [4.78, 5) is 28.9. The van der Waals surface area contributed by atoms with Crippen LogP contribution in [-0.2, 0) is 22.6 Å². The number of nitrogens with zero attached hydrogens (tertiary/aromatic N) is 1. The summed E-state index contributed by atoms with van der Waals surface area (Å²) in [7, 11) is 0. The SMILES string of the molecule is NCCCCC[C@H]1C(=O)N[C@@H](Cc2ccc3ccccc3c2)C(=O)N1Cc1ccc(-c2ccccc2)cc1. The molecule has 4 aromatic rings. The molecule has 3 N–H and O–H groups in total. The van der Waals surface area contributed by atoms with E-state index in [0.717, 1.165) is 52.3 Å². The molecule has 1 aliphatic heterocycles. The van der Waals surface area contributed by atoms with E-state index >= 15 is 0 Å². The van der Waals surface area contributed by atoms with Crippen LogP contribution in [0.3, 0.4) is 0 Å². The highest BCUT2D eigenvalue weighted by molar-refractivity contribution is 5.97. The lowest BCUT2D eigenvalue weighted by atomic mass is 9.95. The third kappa shape index (κ3) is 5.95. The number of hydrogen-bond donors (Lipinski definition) is 2. The van der Waals surface area contributed by atoms with E-state index in [2.05, 4.69) is 66.0 Å². The summed E-state index contributed by atoms with van der Waals surface area (Å²) in [5, 5.41) is 5.34. The summed E-state index contributed by atoms with van der Waals surface area (Å²) in [6.45, 7) is 1.05. The van der Waals surface area contributed by atoms with Crippen molar-refractivity contribution in [2.24, 2.45) is 5.73 Å². The molecule has 0 radical (unpaired) electrons. The van der Waals surface area contributed by atoms with Gasteiger partial charge in [0, 0.05) is 13.0 Å². The van der Waals surface area contributed by atoms with Gasteiger partial charge < -0.3 is 16.0 Å². The Morgan fingerprint density at radius 2 is 1.39 bits per heavy atom. The number of piperazine rings is 1. The first-order chi connectivity index (χ1) is 18.6. The van der Waals surface area contributed by atoms with Crippen LogP contribution < -0.4 is 11.1 Å². The molecule has 5 rings (SSSR count). The molecule has 5 heteroatoms. The van der Waals surface area contributed by atoms with Crippen LogP contribution in [0.1, 0.15) is 36.8 Å². The number of rotatable bonds is 10. The van der Waals surface area contributed by atoms with Gasteiger partial charge >= 0.3 is 0 Å². The summed E-state index contributed by atoms with van der Waals surface area (Å²) >= 11 is 0. The van der Waals surface area contributed by atoms with Crippen LogP contribution in [0.4, 0.5) is 0 Å². The highest BCUT2D eigenvalue weighted by Gasteiger charge is 2.40. The third-order valence-corrected chi connectivity index (χ3v) is 7.43. The first-order valence-corrected chi connectivity index (χ1v) is 13.6. The Kier molecular flexibility index (Phi) is 8.15. The summed E-state index contributed by atoms with van der Waals surface area (Å²) in [6.07, 6.45) is 3.85. The average Bonchev–Trinajstić information content (AvgIpc) is 2.95. The smallest absolute Gasteiger partial charge is 0.246 e. The Morgan fingerprint density at radius 1 is 0.711 bits per heavy atom. The lowest BCUT2D eigenvalue weighted by molar-refractivity contribution is -0.150. The highest BCUT2D eigenvalue weighted by Crippen LogP contribution is 2.25. The zero-order valence-corrected chi connectivity index (χ0v) is 21.7. The van der Waals surface area contributed by atoms with E-state index in [-0.39, 0.29) is 11.8 Å². The molecule has 38 heavy (non-hydrogen) atoms. The molecule has 5 nitrogen and oxygen atoms in total. The standard InChI is InChI=1S/C33H35N3O2/c34-20-8-2-5-13-31-32(37)35-30(22-25-16-19-27-11-6-7-12-29(27)21-25)33(38)36(31)23-24-14-17-28(18-15-24)26-9-3-1-4-10-26/h1,3-4,6-7,9-12,14-19,21,30-31H,2,5,8,13,20,22-23,34H2,(H,35,37)/t30-,31-/m0/s1. The molecule has 0 bridgehead atoms. The highest BCUT2D eigenvalue weighted by atomic mass is 16.2. The molecule has 1 saturated heterocycles. The number of benzene rings is 4. The molecule has 1 aliphatic rings. The molecule has 0 aromatic heterocycles. The lowest BCUT2D eigenvalue weighted by Crippen LogP contribution is -2.63. The predicted octanol–water partition coefficient (Wildman–Crippen LogP) is 5.46. The number of nitrogens with one attached hydrogen (secondary N) is 1. The van der Waals surface area contributed by atoms with Crippen LogP contribution in [-0.4, -0.2) is 35.3 Å². The number of unbranched alkanes of at least 4 members (excludes halogenated alkanes) is 2. The molecule has 194 valence electrons. The second-order valence-electron chi connectivity index (χ2n) is 10.1. The van der Waals surface area contributed by atoms with Gasteiger partial charge in [-0.2, -0.15) is 0 Å². The van der Waals surface area contributed by atoms with Gasteiger partial charge in [0.05, 0.1) is 0 Å². The number of hydrogen-bond acceptors (Lipinski definition) is 3. The largest absolute Gasteiger partial charge is 0.342 e. The summed E-state index contributed by atoms with van der Waals surface area (Å²) in [5.41, 5.74) is 10.0. The van der Waals surface area contributed by atoms with Crippen molar-refractivity contribution in [2.75, 3.05) is 6.54 Å². The van der Waals surface area contributed by atoms with Gasteiger partial charge in [-0.1, -0.05) is 110 Å². The van der Waals surface area contributed by atoms with Gasteiger partial charge in [0.2, 0.25) is 11.8 Å². The van der Waals surface area contributed by atoms with Crippen LogP contribution in [0.25, 0.3) is 21.9 Å². The van der Waals surface area contributed by atoms with E-state index in [1.165, 1.54) is 0 Å². The third-order valence-electron chi connectivity index (χ3n) is 7.43. The second-order valence-corrected chi connectivity index (χ2v) is 10.1. The maximum Gasteiger partial charge on any atom is 0.246 e. The number of carbonyl (C=O) groups excluding carboxylic acids is 2. The van der Waals surface area contributed by atoms with Crippen LogP contribution in [0.15, 0.2) is 97.1 Å². The Balaban J connectivity index is 1.36. The van der Waals surface area contributed by atoms with Gasteiger partial charge in [0.25, 0.3) is 0 Å². The number of nitrogens with two attached hydrogens (primary N) is 1. The van der Waals surface area contributed by atoms with Crippen LogP contribution in [0.2, 0.25) is 0 Å². The maximum absolute atomic E-state index is 13.8. The van der Waals surface area contributed by atoms with Crippen molar-refractivity contribution >= 4 is 22.6 Å². The van der Waals surface area contributed by atoms with Crippen molar-refractivity contribution in [3.63, 3.8) is 0 Å². The van der Waals surface area contributed by atoms with E-state index < -0.39 is 12.1 Å². The fourth-order valence-corrected chi connectivity index (χ4v) is 5.33. The molecule has 0 saturated carbocycles. The second kappa shape index (κ2) is 12.1. The van der Waals surface area contributed by atoms with Gasteiger partial charge in [-0.3, -0.25) is 9.59 Å². The molecule has 1 heterocycles. The summed E-state index contributed by atoms with van der Waals surface area (Å²) in [6, 6.07) is 31.9. The normalized spacial score (nSPS) is 17.6. The quantitative estimate of drug-likeness (QED) is 0.281. The topological polar surface area (TPSA) is 75.4 Å². The minimum absolute atomic E-state index is 0.0197. The Bertz CT molecular complexity index is 1380. The fourth-order valence-electron chi connectivity index (χ4n) is 5.33. The summed E-state index contributed by atoms with van der Waals surface area (Å²) in [5.74, 6) is -0.0854. The maximum atomic E-state index is 13.8. The molecule has 4 aromatic carbocycles. The minimum atomic E-state index is -0.576. The van der Waals surface area contributed by atoms with E-state index in [4.69, 9.17) is 5.73 Å². The molecular formula is C33H35N3O2. The fraction of sp³-hybridized carbons (Fsp3) is 0.273. The van der Waals surface area contributed by atoms with Crippen molar-refractivity contribution in [3.05, 3.63) is 108 Å². The predicted molar refractivity (Wildman–Crippen MR) is 153 cm³/mol. The summed E-state index contributed by atoms with van der Waals surface area (Å²) < 4.78 is 0. The average molecular weight is 506 g/mol. The van der Waals surface area contributed by atoms with Crippen LogP contribution >= 0.6 is 0 Å². The Hall–Kier alpha value is -3.96. The zero-order chi connectivity index (χ0) is 26.3. The lowest BCUT2D eigenvalue weighted by Gasteiger charge is -2.39. The van der Waals surface area contributed by atoms with Gasteiger partial charge in [0.1, 0.15) is 12.1 Å².